The highest BCUT2D eigenvalue weighted by molar-refractivity contribution is 6.46. The fourth-order valence-electron chi connectivity index (χ4n) is 4.47. The number of hydrogen-bond donors (Lipinski definition) is 1. The Labute approximate surface area is 193 Å². The van der Waals surface area contributed by atoms with Gasteiger partial charge in [0, 0.05) is 17.7 Å². The lowest BCUT2D eigenvalue weighted by atomic mass is 9.92. The number of benzene rings is 3. The van der Waals surface area contributed by atoms with Crippen molar-refractivity contribution >= 4 is 28.2 Å². The zero-order chi connectivity index (χ0) is 23.5. The summed E-state index contributed by atoms with van der Waals surface area (Å²) in [4.78, 5) is 27.9. The van der Waals surface area contributed by atoms with Gasteiger partial charge in [0.25, 0.3) is 11.7 Å². The molecule has 0 aliphatic carbocycles. The molecule has 1 amide bonds. The quantitative estimate of drug-likeness (QED) is 0.312. The molecule has 170 valence electrons. The minimum atomic E-state index is -0.791. The van der Waals surface area contributed by atoms with Crippen molar-refractivity contribution in [3.05, 3.63) is 77.4 Å². The molecule has 1 saturated heterocycles. The Morgan fingerprint density at radius 2 is 1.70 bits per heavy atom. The number of unbranched alkanes of at least 4 members (excludes halogenated alkanes) is 1. The first-order valence-corrected chi connectivity index (χ1v) is 11.0. The first-order valence-electron chi connectivity index (χ1n) is 11.0. The molecule has 1 atom stereocenters. The third kappa shape index (κ3) is 3.82. The molecule has 0 spiro atoms. The van der Waals surface area contributed by atoms with Gasteiger partial charge in [0.1, 0.15) is 5.76 Å². The van der Waals surface area contributed by atoms with Crippen LogP contribution in [0.15, 0.2) is 66.2 Å². The van der Waals surface area contributed by atoms with Crippen molar-refractivity contribution in [2.45, 2.75) is 25.8 Å². The maximum Gasteiger partial charge on any atom is 0.295 e. The van der Waals surface area contributed by atoms with Gasteiger partial charge in [0.2, 0.25) is 0 Å². The number of likely N-dealkylation sites (tertiary alicyclic amines) is 1. The van der Waals surface area contributed by atoms with Crippen LogP contribution in [0, 0.1) is 0 Å². The first-order chi connectivity index (χ1) is 16.0. The summed E-state index contributed by atoms with van der Waals surface area (Å²) in [6.45, 7) is 2.41. The van der Waals surface area contributed by atoms with Gasteiger partial charge in [-0.05, 0) is 23.3 Å². The molecule has 1 N–H and O–H groups in total. The molecule has 6 nitrogen and oxygen atoms in total. The van der Waals surface area contributed by atoms with Gasteiger partial charge >= 0.3 is 0 Å². The number of hydrogen-bond acceptors (Lipinski definition) is 5. The molecule has 33 heavy (non-hydrogen) atoms. The van der Waals surface area contributed by atoms with E-state index in [0.717, 1.165) is 23.6 Å². The minimum Gasteiger partial charge on any atom is -0.507 e. The van der Waals surface area contributed by atoms with E-state index in [-0.39, 0.29) is 11.3 Å². The number of para-hydroxylation sites is 1. The monoisotopic (exact) mass is 445 g/mol. The lowest BCUT2D eigenvalue weighted by molar-refractivity contribution is -0.139. The second-order valence-corrected chi connectivity index (χ2v) is 7.96. The van der Waals surface area contributed by atoms with Crippen LogP contribution in [0.3, 0.4) is 0 Å². The van der Waals surface area contributed by atoms with Crippen molar-refractivity contribution in [1.82, 2.24) is 4.90 Å². The molecule has 0 saturated carbocycles. The van der Waals surface area contributed by atoms with Crippen LogP contribution >= 0.6 is 0 Å². The number of ketones is 1. The van der Waals surface area contributed by atoms with Gasteiger partial charge in [0.05, 0.1) is 25.8 Å². The van der Waals surface area contributed by atoms with Gasteiger partial charge in [-0.25, -0.2) is 0 Å². The van der Waals surface area contributed by atoms with Crippen LogP contribution < -0.4 is 9.47 Å². The molecule has 0 bridgehead atoms. The van der Waals surface area contributed by atoms with Crippen molar-refractivity contribution < 1.29 is 24.2 Å². The van der Waals surface area contributed by atoms with E-state index in [1.165, 1.54) is 19.1 Å². The normalized spacial score (nSPS) is 17.5. The number of carbonyl (C=O) groups is 2. The Balaban J connectivity index is 1.99. The molecule has 3 aromatic rings. The van der Waals surface area contributed by atoms with E-state index in [1.807, 2.05) is 43.3 Å². The van der Waals surface area contributed by atoms with Crippen LogP contribution in [-0.4, -0.2) is 42.5 Å². The van der Waals surface area contributed by atoms with Gasteiger partial charge in [-0.2, -0.15) is 0 Å². The van der Waals surface area contributed by atoms with E-state index >= 15 is 0 Å². The second-order valence-electron chi connectivity index (χ2n) is 7.96. The lowest BCUT2D eigenvalue weighted by Crippen LogP contribution is -2.30. The molecule has 4 rings (SSSR count). The van der Waals surface area contributed by atoms with Crippen molar-refractivity contribution in [3.63, 3.8) is 0 Å². The third-order valence-corrected chi connectivity index (χ3v) is 6.07. The third-order valence-electron chi connectivity index (χ3n) is 6.07. The zero-order valence-corrected chi connectivity index (χ0v) is 19.0. The highest BCUT2D eigenvalue weighted by Gasteiger charge is 2.47. The van der Waals surface area contributed by atoms with Crippen LogP contribution in [-0.2, 0) is 9.59 Å². The molecule has 1 aliphatic rings. The summed E-state index contributed by atoms with van der Waals surface area (Å²) < 4.78 is 11.1. The predicted octanol–water partition coefficient (Wildman–Crippen LogP) is 5.08. The fraction of sp³-hybridized carbons (Fsp3) is 0.259. The molecule has 3 aromatic carbocycles. The largest absolute Gasteiger partial charge is 0.507 e. The van der Waals surface area contributed by atoms with Gasteiger partial charge in [-0.15, -0.1) is 0 Å². The summed E-state index contributed by atoms with van der Waals surface area (Å²) in [7, 11) is 3.05. The summed E-state index contributed by atoms with van der Waals surface area (Å²) in [6.07, 6.45) is 1.58. The summed E-state index contributed by atoms with van der Waals surface area (Å²) in [5, 5.41) is 13.2. The van der Waals surface area contributed by atoms with Gasteiger partial charge in [0.15, 0.2) is 11.5 Å². The molecule has 1 heterocycles. The van der Waals surface area contributed by atoms with E-state index in [2.05, 4.69) is 0 Å². The van der Waals surface area contributed by atoms with Crippen LogP contribution in [0.4, 0.5) is 0 Å². The molecule has 1 aliphatic heterocycles. The maximum atomic E-state index is 13.3. The fourth-order valence-corrected chi connectivity index (χ4v) is 4.47. The molecular weight excluding hydrogens is 418 g/mol. The van der Waals surface area contributed by atoms with Gasteiger partial charge in [-0.3, -0.25) is 9.59 Å². The number of fused-ring (bicyclic) bond motifs is 1. The number of rotatable bonds is 7. The molecule has 0 aromatic heterocycles. The zero-order valence-electron chi connectivity index (χ0n) is 19.0. The Hall–Kier alpha value is -3.80. The lowest BCUT2D eigenvalue weighted by Gasteiger charge is -2.27. The Bertz CT molecular complexity index is 1240. The summed E-state index contributed by atoms with van der Waals surface area (Å²) in [5.74, 6) is -0.607. The number of carbonyl (C=O) groups excluding carboxylic acids is 2. The van der Waals surface area contributed by atoms with Gasteiger partial charge in [-0.1, -0.05) is 67.9 Å². The van der Waals surface area contributed by atoms with Crippen LogP contribution in [0.2, 0.25) is 0 Å². The average molecular weight is 446 g/mol. The number of aliphatic hydroxyl groups excluding tert-OH is 1. The van der Waals surface area contributed by atoms with Crippen molar-refractivity contribution in [2.24, 2.45) is 0 Å². The Morgan fingerprint density at radius 3 is 2.42 bits per heavy atom. The smallest absolute Gasteiger partial charge is 0.295 e. The van der Waals surface area contributed by atoms with Crippen LogP contribution in [0.5, 0.6) is 11.5 Å². The summed E-state index contributed by atoms with van der Waals surface area (Å²) in [5.41, 5.74) is 1.15. The summed E-state index contributed by atoms with van der Waals surface area (Å²) >= 11 is 0. The van der Waals surface area contributed by atoms with Crippen molar-refractivity contribution in [3.8, 4) is 11.5 Å². The van der Waals surface area contributed by atoms with Crippen molar-refractivity contribution in [1.29, 1.82) is 0 Å². The number of nitrogens with zero attached hydrogens (tertiary/aromatic N) is 1. The first kappa shape index (κ1) is 22.4. The van der Waals surface area contributed by atoms with E-state index in [0.29, 0.717) is 29.2 Å². The number of aliphatic hydroxyl groups is 1. The van der Waals surface area contributed by atoms with E-state index in [9.17, 15) is 14.7 Å². The molecule has 1 fully saturated rings. The minimum absolute atomic E-state index is 0.0546. The summed E-state index contributed by atoms with van der Waals surface area (Å²) in [6, 6.07) is 17.7. The topological polar surface area (TPSA) is 76.1 Å². The second kappa shape index (κ2) is 9.36. The average Bonchev–Trinajstić information content (AvgIpc) is 3.10. The molecular formula is C27H27NO5. The highest BCUT2D eigenvalue weighted by Crippen LogP contribution is 2.46. The number of ether oxygens (including phenoxy) is 2. The number of amides is 1. The standard InChI is InChI=1S/C27H27NO5/c1-4-5-16-28-23(20-14-9-15-21(32-2)26(20)33-3)22(25(30)27(28)31)24(29)19-13-8-11-17-10-6-7-12-18(17)19/h6-15,23,29H,4-5,16H2,1-3H3/b24-22+. The SMILES string of the molecule is CCCCN1C(=O)C(=O)/C(=C(/O)c2cccc3ccccc23)C1c1cccc(OC)c1OC. The van der Waals surface area contributed by atoms with Crippen LogP contribution in [0.1, 0.15) is 36.9 Å². The molecule has 0 radical (unpaired) electrons. The highest BCUT2D eigenvalue weighted by atomic mass is 16.5. The van der Waals surface area contributed by atoms with Crippen molar-refractivity contribution in [2.75, 3.05) is 20.8 Å². The van der Waals surface area contributed by atoms with E-state index in [1.54, 1.807) is 24.3 Å². The Morgan fingerprint density at radius 1 is 0.970 bits per heavy atom. The van der Waals surface area contributed by atoms with Crippen LogP contribution in [0.25, 0.3) is 16.5 Å². The van der Waals surface area contributed by atoms with Gasteiger partial charge < -0.3 is 19.5 Å². The Kier molecular flexibility index (Phi) is 6.36. The number of methoxy groups -OCH3 is 2. The van der Waals surface area contributed by atoms with E-state index < -0.39 is 17.7 Å². The molecule has 6 heteroatoms. The molecule has 1 unspecified atom stereocenters. The predicted molar refractivity (Wildman–Crippen MR) is 127 cm³/mol. The maximum absolute atomic E-state index is 13.3. The van der Waals surface area contributed by atoms with E-state index in [4.69, 9.17) is 9.47 Å². The number of Topliss-reactive ketones (excluding diaryl/α,β-unsaturated/α-hetero) is 1.